The smallest absolute Gasteiger partial charge is 0.246 e. The van der Waals surface area contributed by atoms with Gasteiger partial charge in [0, 0.05) is 157 Å². The van der Waals surface area contributed by atoms with Crippen LogP contribution in [0.25, 0.3) is 24.3 Å². The van der Waals surface area contributed by atoms with Crippen LogP contribution in [0.3, 0.4) is 0 Å². The number of nitrogens with zero attached hydrogens (tertiary/aromatic N) is 4. The molecule has 0 aliphatic carbocycles. The van der Waals surface area contributed by atoms with E-state index in [1.165, 1.54) is 72.9 Å². The molecule has 0 atom stereocenters. The fourth-order valence-corrected chi connectivity index (χ4v) is 11.3. The first kappa shape index (κ1) is 56.3. The maximum absolute atomic E-state index is 13.6. The average Bonchev–Trinajstić information content (AvgIpc) is 3.45. The lowest BCUT2D eigenvalue weighted by atomic mass is 9.87. The van der Waals surface area contributed by atoms with Crippen LogP contribution in [0, 0.1) is 6.92 Å². The second-order valence-corrected chi connectivity index (χ2v) is 21.1. The molecular formula is C62H74N4O12. The van der Waals surface area contributed by atoms with Crippen molar-refractivity contribution in [1.29, 1.82) is 0 Å². The summed E-state index contributed by atoms with van der Waals surface area (Å²) in [5.41, 5.74) is 1.49. The Hall–Kier alpha value is -7.88. The maximum Gasteiger partial charge on any atom is 0.246 e. The van der Waals surface area contributed by atoms with E-state index in [2.05, 4.69) is 0 Å². The van der Waals surface area contributed by atoms with E-state index in [1.54, 1.807) is 33.4 Å². The van der Waals surface area contributed by atoms with Crippen LogP contribution in [-0.4, -0.2) is 136 Å². The summed E-state index contributed by atoms with van der Waals surface area (Å²) >= 11 is 0. The number of hydrogen-bond donors (Lipinski definition) is 8. The van der Waals surface area contributed by atoms with Gasteiger partial charge in [-0.15, -0.1) is 0 Å². The van der Waals surface area contributed by atoms with E-state index >= 15 is 0 Å². The summed E-state index contributed by atoms with van der Waals surface area (Å²) in [6, 6.07) is 5.25. The first-order valence-electron chi connectivity index (χ1n) is 27.7. The standard InChI is InChI=1S/C62H74N4O12/c1-3-43-44(16-20-55(71)63-24-8-4-9-25-63)52(68)36-40(60(43)76)34-49-46(18-22-57(73)65-28-12-6-13-29-65)54(70)38-42(62(49)78)35-50-47(19-23-58(74)66-30-14-7-15-31-66)53(69)37-41(61(50)77)33-48-45(51(67)32-39(2)59(48)75)17-21-56(72)64-26-10-5-11-27-64/h16-23,32,36-38,67-70,75-78H,3-15,24-31,33-35H2,1-2H3. The minimum atomic E-state index is -0.415. The second kappa shape index (κ2) is 25.5. The molecule has 0 aromatic heterocycles. The molecular weight excluding hydrogens is 993 g/mol. The normalized spacial score (nSPS) is 16.6. The molecule has 4 heterocycles. The van der Waals surface area contributed by atoms with Crippen molar-refractivity contribution in [2.24, 2.45) is 0 Å². The van der Waals surface area contributed by atoms with Crippen LogP contribution in [0.5, 0.6) is 46.0 Å². The van der Waals surface area contributed by atoms with Gasteiger partial charge in [-0.3, -0.25) is 19.2 Å². The Balaban J connectivity index is 1.23. The maximum atomic E-state index is 13.6. The SMILES string of the molecule is CCc1c(O)c(Cc2c(O)c(Cc3c(O)c(Cc4c(O)c(C)cc(O)c4C=CC(=O)N4CCCCC4)cc(O)c3C=CC(=O)N3CCCCC3)cc(O)c2C=CC(=O)N2CCCCC2)cc(O)c1C=CC(=O)N1CCCCC1. The molecule has 4 aromatic rings. The number of phenolic OH excluding ortho intramolecular Hbond substituents is 8. The van der Waals surface area contributed by atoms with Gasteiger partial charge in [-0.2, -0.15) is 0 Å². The van der Waals surface area contributed by atoms with Crippen LogP contribution in [-0.2, 0) is 44.9 Å². The minimum absolute atomic E-state index is 0.00893. The van der Waals surface area contributed by atoms with Crippen molar-refractivity contribution >= 4 is 47.9 Å². The van der Waals surface area contributed by atoms with Crippen molar-refractivity contribution in [2.45, 2.75) is 117 Å². The number of rotatable bonds is 15. The number of carbonyl (C=O) groups is 4. The minimum Gasteiger partial charge on any atom is -0.507 e. The number of aromatic hydroxyl groups is 8. The highest BCUT2D eigenvalue weighted by molar-refractivity contribution is 5.95. The topological polar surface area (TPSA) is 243 Å². The molecule has 0 unspecified atom stereocenters. The van der Waals surface area contributed by atoms with E-state index in [-0.39, 0.29) is 139 Å². The van der Waals surface area contributed by atoms with E-state index in [0.717, 1.165) is 77.0 Å². The first-order valence-corrected chi connectivity index (χ1v) is 27.7. The van der Waals surface area contributed by atoms with E-state index in [1.807, 2.05) is 0 Å². The number of likely N-dealkylation sites (tertiary alicyclic amines) is 4. The lowest BCUT2D eigenvalue weighted by Gasteiger charge is -2.25. The Bertz CT molecular complexity index is 3040. The summed E-state index contributed by atoms with van der Waals surface area (Å²) in [5.74, 6) is -3.61. The van der Waals surface area contributed by atoms with Gasteiger partial charge in [0.15, 0.2) is 0 Å². The van der Waals surface area contributed by atoms with Gasteiger partial charge in [0.1, 0.15) is 46.0 Å². The van der Waals surface area contributed by atoms with Crippen molar-refractivity contribution in [3.05, 3.63) is 115 Å². The highest BCUT2D eigenvalue weighted by Crippen LogP contribution is 2.45. The third-order valence-electron chi connectivity index (χ3n) is 15.8. The first-order chi connectivity index (χ1) is 37.5. The van der Waals surface area contributed by atoms with Crippen molar-refractivity contribution < 1.29 is 60.0 Å². The number of hydrogen-bond acceptors (Lipinski definition) is 12. The molecule has 8 N–H and O–H groups in total. The third-order valence-corrected chi connectivity index (χ3v) is 15.8. The number of amides is 4. The summed E-state index contributed by atoms with van der Waals surface area (Å²) in [6.45, 7) is 8.02. The average molecular weight is 1070 g/mol. The van der Waals surface area contributed by atoms with Crippen LogP contribution >= 0.6 is 0 Å². The van der Waals surface area contributed by atoms with Crippen molar-refractivity contribution in [3.8, 4) is 46.0 Å². The molecule has 0 spiro atoms. The molecule has 4 fully saturated rings. The van der Waals surface area contributed by atoms with E-state index in [0.29, 0.717) is 63.5 Å². The van der Waals surface area contributed by atoms with Crippen LogP contribution in [0.1, 0.15) is 151 Å². The largest absolute Gasteiger partial charge is 0.507 e. The Morgan fingerprint density at radius 2 is 0.615 bits per heavy atom. The summed E-state index contributed by atoms with van der Waals surface area (Å²) in [6.07, 6.45) is 21.2. The molecule has 16 heteroatoms. The molecule has 4 aliphatic heterocycles. The van der Waals surface area contributed by atoms with Crippen LogP contribution in [0.2, 0.25) is 0 Å². The fraction of sp³-hybridized carbons (Fsp3) is 0.419. The predicted molar refractivity (Wildman–Crippen MR) is 299 cm³/mol. The Morgan fingerprint density at radius 1 is 0.372 bits per heavy atom. The molecule has 4 saturated heterocycles. The zero-order chi connectivity index (χ0) is 55.6. The monoisotopic (exact) mass is 1070 g/mol. The fourth-order valence-electron chi connectivity index (χ4n) is 11.3. The van der Waals surface area contributed by atoms with Gasteiger partial charge in [-0.05, 0) is 145 Å². The lowest BCUT2D eigenvalue weighted by Crippen LogP contribution is -2.34. The van der Waals surface area contributed by atoms with E-state index in [9.17, 15) is 60.0 Å². The number of benzene rings is 4. The molecule has 414 valence electrons. The third kappa shape index (κ3) is 12.9. The number of carbonyl (C=O) groups excluding carboxylic acids is 4. The quantitative estimate of drug-likeness (QED) is 0.0411. The highest BCUT2D eigenvalue weighted by atomic mass is 16.3. The van der Waals surface area contributed by atoms with Crippen molar-refractivity contribution in [2.75, 3.05) is 52.4 Å². The van der Waals surface area contributed by atoms with Gasteiger partial charge < -0.3 is 60.5 Å². The predicted octanol–water partition coefficient (Wildman–Crippen LogP) is 9.08. The highest BCUT2D eigenvalue weighted by Gasteiger charge is 2.27. The van der Waals surface area contributed by atoms with E-state index in [4.69, 9.17) is 0 Å². The molecule has 0 saturated carbocycles. The van der Waals surface area contributed by atoms with Crippen LogP contribution in [0.4, 0.5) is 0 Å². The zero-order valence-electron chi connectivity index (χ0n) is 44.9. The molecule has 4 aromatic carbocycles. The second-order valence-electron chi connectivity index (χ2n) is 21.1. The van der Waals surface area contributed by atoms with Gasteiger partial charge in [-0.25, -0.2) is 0 Å². The van der Waals surface area contributed by atoms with Crippen LogP contribution < -0.4 is 0 Å². The molecule has 0 radical (unpaired) electrons. The van der Waals surface area contributed by atoms with Gasteiger partial charge in [0.25, 0.3) is 0 Å². The lowest BCUT2D eigenvalue weighted by molar-refractivity contribution is -0.127. The summed E-state index contributed by atoms with van der Waals surface area (Å²) in [4.78, 5) is 60.3. The summed E-state index contributed by atoms with van der Waals surface area (Å²) < 4.78 is 0. The number of phenols is 8. The molecule has 8 rings (SSSR count). The molecule has 4 aliphatic rings. The van der Waals surface area contributed by atoms with Gasteiger partial charge >= 0.3 is 0 Å². The Kier molecular flexibility index (Phi) is 18.4. The van der Waals surface area contributed by atoms with Gasteiger partial charge in [-0.1, -0.05) is 6.92 Å². The number of aryl methyl sites for hydroxylation is 1. The Labute approximate surface area is 456 Å². The molecule has 4 amide bonds. The van der Waals surface area contributed by atoms with Crippen molar-refractivity contribution in [3.63, 3.8) is 0 Å². The van der Waals surface area contributed by atoms with E-state index < -0.39 is 11.5 Å². The molecule has 16 nitrogen and oxygen atoms in total. The summed E-state index contributed by atoms with van der Waals surface area (Å²) in [5, 5.41) is 95.4. The Morgan fingerprint density at radius 3 is 0.897 bits per heavy atom. The van der Waals surface area contributed by atoms with Crippen LogP contribution in [0.15, 0.2) is 48.6 Å². The van der Waals surface area contributed by atoms with Crippen molar-refractivity contribution in [1.82, 2.24) is 19.6 Å². The zero-order valence-corrected chi connectivity index (χ0v) is 44.9. The number of piperidine rings is 4. The molecule has 78 heavy (non-hydrogen) atoms. The molecule has 0 bridgehead atoms. The summed E-state index contributed by atoms with van der Waals surface area (Å²) in [7, 11) is 0. The van der Waals surface area contributed by atoms with Gasteiger partial charge in [0.2, 0.25) is 23.6 Å². The van der Waals surface area contributed by atoms with Gasteiger partial charge in [0.05, 0.1) is 0 Å².